The molecule has 29 heavy (non-hydrogen) atoms. The highest BCUT2D eigenvalue weighted by atomic mass is 16.5. The third kappa shape index (κ3) is 4.14. The van der Waals surface area contributed by atoms with Crippen LogP contribution >= 0.6 is 0 Å². The van der Waals surface area contributed by atoms with Crippen LogP contribution in [0, 0.1) is 0 Å². The van der Waals surface area contributed by atoms with Crippen molar-refractivity contribution in [3.05, 3.63) is 59.7 Å². The number of rotatable bonds is 5. The van der Waals surface area contributed by atoms with Crippen LogP contribution in [0.2, 0.25) is 0 Å². The number of carboxylic acid groups (broad SMARTS) is 1. The van der Waals surface area contributed by atoms with E-state index in [1.165, 1.54) is 5.56 Å². The number of fused-ring (bicyclic) bond motifs is 1. The Labute approximate surface area is 168 Å². The number of carbonyl (C=O) groups is 3. The molecule has 0 radical (unpaired) electrons. The second-order valence-electron chi connectivity index (χ2n) is 7.32. The van der Waals surface area contributed by atoms with Gasteiger partial charge in [0, 0.05) is 17.9 Å². The number of benzene rings is 2. The molecule has 150 valence electrons. The topological polar surface area (TPSA) is 95.9 Å². The standard InChI is InChI=1S/C22H22N2O5/c25-20(24-12-11-15-3-1-2-4-17(15)24)13-14-5-7-16(8-6-14)23-21(26)18-9-10-19(29-18)22(27)28/h1-8,18-19H,9-13H2,(H,23,26)(H,27,28)/t18-,19+/m0/s1. The van der Waals surface area contributed by atoms with Gasteiger partial charge in [0.1, 0.15) is 6.10 Å². The zero-order valence-corrected chi connectivity index (χ0v) is 15.8. The Morgan fingerprint density at radius 1 is 1.03 bits per heavy atom. The van der Waals surface area contributed by atoms with E-state index in [0.29, 0.717) is 25.1 Å². The fourth-order valence-corrected chi connectivity index (χ4v) is 3.81. The number of amides is 2. The zero-order chi connectivity index (χ0) is 20.4. The van der Waals surface area contributed by atoms with Crippen LogP contribution in [-0.4, -0.2) is 41.6 Å². The summed E-state index contributed by atoms with van der Waals surface area (Å²) >= 11 is 0. The van der Waals surface area contributed by atoms with Crippen molar-refractivity contribution in [1.29, 1.82) is 0 Å². The molecule has 4 rings (SSSR count). The minimum Gasteiger partial charge on any atom is -0.479 e. The first kappa shape index (κ1) is 19.1. The van der Waals surface area contributed by atoms with Gasteiger partial charge in [0.2, 0.25) is 5.91 Å². The first-order valence-corrected chi connectivity index (χ1v) is 9.67. The molecule has 0 spiro atoms. The Morgan fingerprint density at radius 2 is 1.76 bits per heavy atom. The Bertz CT molecular complexity index is 940. The van der Waals surface area contributed by atoms with E-state index in [2.05, 4.69) is 5.32 Å². The monoisotopic (exact) mass is 394 g/mol. The lowest BCUT2D eigenvalue weighted by Gasteiger charge is -2.17. The van der Waals surface area contributed by atoms with Gasteiger partial charge in [-0.1, -0.05) is 30.3 Å². The van der Waals surface area contributed by atoms with Crippen molar-refractivity contribution in [1.82, 2.24) is 0 Å². The van der Waals surface area contributed by atoms with Crippen LogP contribution < -0.4 is 10.2 Å². The molecule has 2 amide bonds. The maximum Gasteiger partial charge on any atom is 0.332 e. The van der Waals surface area contributed by atoms with Gasteiger partial charge in [0.25, 0.3) is 5.91 Å². The Kier molecular flexibility index (Phi) is 5.31. The second kappa shape index (κ2) is 8.05. The number of nitrogens with zero attached hydrogens (tertiary/aromatic N) is 1. The molecule has 2 heterocycles. The molecule has 2 aliphatic rings. The Balaban J connectivity index is 1.33. The van der Waals surface area contributed by atoms with Gasteiger partial charge in [-0.3, -0.25) is 9.59 Å². The normalized spacial score (nSPS) is 20.3. The van der Waals surface area contributed by atoms with Crippen molar-refractivity contribution in [2.45, 2.75) is 37.9 Å². The number of hydrogen-bond acceptors (Lipinski definition) is 4. The van der Waals surface area contributed by atoms with Crippen molar-refractivity contribution >= 4 is 29.2 Å². The fourth-order valence-electron chi connectivity index (χ4n) is 3.81. The molecule has 2 aromatic rings. The van der Waals surface area contributed by atoms with E-state index in [4.69, 9.17) is 9.84 Å². The Hall–Kier alpha value is -3.19. The number of para-hydroxylation sites is 1. The van der Waals surface area contributed by atoms with Crippen LogP contribution in [0.15, 0.2) is 48.5 Å². The molecule has 1 saturated heterocycles. The van der Waals surface area contributed by atoms with Crippen molar-refractivity contribution < 1.29 is 24.2 Å². The number of carbonyl (C=O) groups excluding carboxylic acids is 2. The molecule has 7 heteroatoms. The summed E-state index contributed by atoms with van der Waals surface area (Å²) in [7, 11) is 0. The van der Waals surface area contributed by atoms with Crippen molar-refractivity contribution in [2.75, 3.05) is 16.8 Å². The summed E-state index contributed by atoms with van der Waals surface area (Å²) in [6.07, 6.45) is 0.191. The highest BCUT2D eigenvalue weighted by molar-refractivity contribution is 5.97. The van der Waals surface area contributed by atoms with Gasteiger partial charge >= 0.3 is 5.97 Å². The lowest BCUT2D eigenvalue weighted by atomic mass is 10.1. The average molecular weight is 394 g/mol. The van der Waals surface area contributed by atoms with Gasteiger partial charge in [0.15, 0.2) is 6.10 Å². The summed E-state index contributed by atoms with van der Waals surface area (Å²) in [4.78, 5) is 37.7. The number of aliphatic carboxylic acids is 1. The van der Waals surface area contributed by atoms with Gasteiger partial charge in [-0.15, -0.1) is 0 Å². The van der Waals surface area contributed by atoms with E-state index >= 15 is 0 Å². The number of hydrogen-bond donors (Lipinski definition) is 2. The molecule has 1 fully saturated rings. The van der Waals surface area contributed by atoms with E-state index in [0.717, 1.165) is 17.7 Å². The molecule has 0 bridgehead atoms. The molecule has 0 saturated carbocycles. The number of ether oxygens (including phenoxy) is 1. The molecule has 2 N–H and O–H groups in total. The molecule has 0 unspecified atom stereocenters. The zero-order valence-electron chi connectivity index (χ0n) is 15.8. The van der Waals surface area contributed by atoms with E-state index in [9.17, 15) is 14.4 Å². The smallest absolute Gasteiger partial charge is 0.332 e. The molecule has 0 aliphatic carbocycles. The van der Waals surface area contributed by atoms with E-state index in [-0.39, 0.29) is 18.2 Å². The number of anilines is 2. The van der Waals surface area contributed by atoms with Gasteiger partial charge in [-0.25, -0.2) is 4.79 Å². The molecular formula is C22H22N2O5. The second-order valence-corrected chi connectivity index (χ2v) is 7.32. The third-order valence-electron chi connectivity index (χ3n) is 5.35. The lowest BCUT2D eigenvalue weighted by Crippen LogP contribution is -2.30. The maximum absolute atomic E-state index is 12.7. The van der Waals surface area contributed by atoms with E-state index in [1.807, 2.05) is 41.3 Å². The molecule has 2 aromatic carbocycles. The average Bonchev–Trinajstić information content (AvgIpc) is 3.37. The van der Waals surface area contributed by atoms with Crippen LogP contribution in [0.5, 0.6) is 0 Å². The summed E-state index contributed by atoms with van der Waals surface area (Å²) in [5.41, 5.74) is 3.62. The number of carboxylic acids is 1. The first-order valence-electron chi connectivity index (χ1n) is 9.67. The highest BCUT2D eigenvalue weighted by Gasteiger charge is 2.34. The third-order valence-corrected chi connectivity index (χ3v) is 5.35. The SMILES string of the molecule is O=C(Nc1ccc(CC(=O)N2CCc3ccccc32)cc1)[C@@H]1CC[C@H](C(=O)O)O1. The van der Waals surface area contributed by atoms with Crippen LogP contribution in [0.1, 0.15) is 24.0 Å². The quantitative estimate of drug-likeness (QED) is 0.812. The van der Waals surface area contributed by atoms with Crippen LogP contribution in [0.3, 0.4) is 0 Å². The van der Waals surface area contributed by atoms with Crippen molar-refractivity contribution in [3.63, 3.8) is 0 Å². The van der Waals surface area contributed by atoms with Gasteiger partial charge < -0.3 is 20.1 Å². The number of nitrogens with one attached hydrogen (secondary N) is 1. The minimum absolute atomic E-state index is 0.0470. The molecule has 0 aromatic heterocycles. The predicted octanol–water partition coefficient (Wildman–Crippen LogP) is 2.39. The van der Waals surface area contributed by atoms with Crippen LogP contribution in [-0.2, 0) is 32.0 Å². The fraction of sp³-hybridized carbons (Fsp3) is 0.318. The summed E-state index contributed by atoms with van der Waals surface area (Å²) in [6, 6.07) is 15.0. The summed E-state index contributed by atoms with van der Waals surface area (Å²) in [6.45, 7) is 0.699. The van der Waals surface area contributed by atoms with Crippen molar-refractivity contribution in [3.8, 4) is 0 Å². The van der Waals surface area contributed by atoms with Crippen molar-refractivity contribution in [2.24, 2.45) is 0 Å². The van der Waals surface area contributed by atoms with Gasteiger partial charge in [0.05, 0.1) is 6.42 Å². The first-order chi connectivity index (χ1) is 14.0. The lowest BCUT2D eigenvalue weighted by molar-refractivity contribution is -0.150. The molecular weight excluding hydrogens is 372 g/mol. The summed E-state index contributed by atoms with van der Waals surface area (Å²) in [5, 5.41) is 11.7. The van der Waals surface area contributed by atoms with Crippen LogP contribution in [0.25, 0.3) is 0 Å². The summed E-state index contributed by atoms with van der Waals surface area (Å²) < 4.78 is 5.26. The van der Waals surface area contributed by atoms with Gasteiger partial charge in [-0.2, -0.15) is 0 Å². The van der Waals surface area contributed by atoms with E-state index in [1.54, 1.807) is 12.1 Å². The predicted molar refractivity (Wildman–Crippen MR) is 107 cm³/mol. The van der Waals surface area contributed by atoms with Gasteiger partial charge in [-0.05, 0) is 48.6 Å². The van der Waals surface area contributed by atoms with E-state index < -0.39 is 18.2 Å². The highest BCUT2D eigenvalue weighted by Crippen LogP contribution is 2.28. The summed E-state index contributed by atoms with van der Waals surface area (Å²) in [5.74, 6) is -1.35. The Morgan fingerprint density at radius 3 is 2.48 bits per heavy atom. The largest absolute Gasteiger partial charge is 0.479 e. The molecule has 2 atom stereocenters. The van der Waals surface area contributed by atoms with Crippen LogP contribution in [0.4, 0.5) is 11.4 Å². The molecule has 2 aliphatic heterocycles. The minimum atomic E-state index is -1.05. The molecule has 7 nitrogen and oxygen atoms in total. The maximum atomic E-state index is 12.7.